The van der Waals surface area contributed by atoms with E-state index in [-0.39, 0.29) is 0 Å². The van der Waals surface area contributed by atoms with Crippen LogP contribution in [-0.2, 0) is 6.42 Å². The molecule has 0 radical (unpaired) electrons. The first-order chi connectivity index (χ1) is 8.76. The molecule has 1 rings (SSSR count). The van der Waals surface area contributed by atoms with Gasteiger partial charge in [-0.2, -0.15) is 0 Å². The maximum atomic E-state index is 5.95. The van der Waals surface area contributed by atoms with Crippen molar-refractivity contribution in [3.63, 3.8) is 0 Å². The number of nitrogens with one attached hydrogen (secondary N) is 1. The highest BCUT2D eigenvalue weighted by Gasteiger charge is 2.20. The van der Waals surface area contributed by atoms with E-state index in [1.807, 2.05) is 12.1 Å². The molecule has 0 fully saturated rings. The molecule has 0 amide bonds. The van der Waals surface area contributed by atoms with Gasteiger partial charge in [0.1, 0.15) is 0 Å². The van der Waals surface area contributed by atoms with Crippen molar-refractivity contribution in [2.75, 3.05) is 6.54 Å². The van der Waals surface area contributed by atoms with Gasteiger partial charge < -0.3 is 5.32 Å². The van der Waals surface area contributed by atoms with Crippen molar-refractivity contribution in [1.29, 1.82) is 0 Å². The molecule has 0 bridgehead atoms. The molecule has 3 heteroatoms. The van der Waals surface area contributed by atoms with Gasteiger partial charge in [0.25, 0.3) is 0 Å². The number of hydrogen-bond donors (Lipinski definition) is 1. The SMILES string of the molecule is CC(C)NCC(Cc1ccc(Cl)cc1)C[Si](C)(C)C. The van der Waals surface area contributed by atoms with E-state index in [2.05, 4.69) is 50.9 Å². The van der Waals surface area contributed by atoms with Crippen molar-refractivity contribution in [3.05, 3.63) is 34.9 Å². The summed E-state index contributed by atoms with van der Waals surface area (Å²) in [5.74, 6) is 0.732. The standard InChI is InChI=1S/C16H28ClNSi/c1-13(2)18-11-15(12-19(3,4)5)10-14-6-8-16(17)9-7-14/h6-9,13,15,18H,10-12H2,1-5H3. The zero-order chi connectivity index (χ0) is 14.5. The number of halogens is 1. The Morgan fingerprint density at radius 2 is 1.68 bits per heavy atom. The van der Waals surface area contributed by atoms with Crippen LogP contribution in [0.5, 0.6) is 0 Å². The summed E-state index contributed by atoms with van der Waals surface area (Å²) in [5, 5.41) is 4.42. The molecule has 1 aromatic rings. The van der Waals surface area contributed by atoms with Crippen molar-refractivity contribution in [1.82, 2.24) is 5.32 Å². The van der Waals surface area contributed by atoms with E-state index >= 15 is 0 Å². The maximum absolute atomic E-state index is 5.95. The molecular formula is C16H28ClNSi. The second-order valence-electron chi connectivity index (χ2n) is 7.02. The summed E-state index contributed by atoms with van der Waals surface area (Å²) in [6.45, 7) is 12.9. The Bertz CT molecular complexity index is 367. The molecule has 1 N–H and O–H groups in total. The molecule has 19 heavy (non-hydrogen) atoms. The van der Waals surface area contributed by atoms with Gasteiger partial charge in [0.05, 0.1) is 0 Å². The van der Waals surface area contributed by atoms with Crippen LogP contribution in [0.4, 0.5) is 0 Å². The molecule has 0 spiro atoms. The Labute approximate surface area is 124 Å². The van der Waals surface area contributed by atoms with Crippen molar-refractivity contribution >= 4 is 19.7 Å². The molecule has 0 saturated carbocycles. The molecule has 0 aromatic heterocycles. The largest absolute Gasteiger partial charge is 0.314 e. The fourth-order valence-electron chi connectivity index (χ4n) is 2.44. The lowest BCUT2D eigenvalue weighted by Gasteiger charge is -2.26. The third-order valence-corrected chi connectivity index (χ3v) is 5.21. The molecule has 1 atom stereocenters. The average molecular weight is 298 g/mol. The van der Waals surface area contributed by atoms with Gasteiger partial charge in [-0.3, -0.25) is 0 Å². The first-order valence-corrected chi connectivity index (χ1v) is 11.3. The fraction of sp³-hybridized carbons (Fsp3) is 0.625. The Hall–Kier alpha value is -0.313. The number of benzene rings is 1. The maximum Gasteiger partial charge on any atom is 0.0446 e. The van der Waals surface area contributed by atoms with Crippen LogP contribution in [0.1, 0.15) is 19.4 Å². The minimum Gasteiger partial charge on any atom is -0.314 e. The molecule has 0 aliphatic heterocycles. The number of hydrogen-bond acceptors (Lipinski definition) is 1. The van der Waals surface area contributed by atoms with Gasteiger partial charge in [0, 0.05) is 19.1 Å². The zero-order valence-electron chi connectivity index (χ0n) is 13.0. The van der Waals surface area contributed by atoms with Crippen LogP contribution in [-0.4, -0.2) is 20.7 Å². The highest BCUT2D eigenvalue weighted by molar-refractivity contribution is 6.76. The van der Waals surface area contributed by atoms with E-state index in [1.165, 1.54) is 11.6 Å². The molecule has 1 nitrogen and oxygen atoms in total. The van der Waals surface area contributed by atoms with Gasteiger partial charge in [0.2, 0.25) is 0 Å². The van der Waals surface area contributed by atoms with E-state index in [0.717, 1.165) is 23.9 Å². The van der Waals surface area contributed by atoms with Gasteiger partial charge in [-0.05, 0) is 36.6 Å². The summed E-state index contributed by atoms with van der Waals surface area (Å²) in [6.07, 6.45) is 1.15. The van der Waals surface area contributed by atoms with Gasteiger partial charge >= 0.3 is 0 Å². The third kappa shape index (κ3) is 7.76. The van der Waals surface area contributed by atoms with E-state index < -0.39 is 8.07 Å². The molecule has 1 aromatic carbocycles. The van der Waals surface area contributed by atoms with Gasteiger partial charge in [-0.25, -0.2) is 0 Å². The molecule has 0 heterocycles. The number of rotatable bonds is 7. The van der Waals surface area contributed by atoms with E-state index in [4.69, 9.17) is 11.6 Å². The smallest absolute Gasteiger partial charge is 0.0446 e. The average Bonchev–Trinajstić information content (AvgIpc) is 2.27. The van der Waals surface area contributed by atoms with Crippen LogP contribution in [0.3, 0.4) is 0 Å². The lowest BCUT2D eigenvalue weighted by atomic mass is 10.0. The fourth-order valence-corrected chi connectivity index (χ4v) is 4.59. The first kappa shape index (κ1) is 16.7. The van der Waals surface area contributed by atoms with Gasteiger partial charge in [-0.15, -0.1) is 0 Å². The summed E-state index contributed by atoms with van der Waals surface area (Å²) < 4.78 is 0. The molecule has 108 valence electrons. The minimum absolute atomic E-state index is 0.564. The predicted molar refractivity (Wildman–Crippen MR) is 89.9 cm³/mol. The highest BCUT2D eigenvalue weighted by Crippen LogP contribution is 2.21. The van der Waals surface area contributed by atoms with Crippen LogP contribution >= 0.6 is 11.6 Å². The van der Waals surface area contributed by atoms with Crippen molar-refractivity contribution in [2.24, 2.45) is 5.92 Å². The molecule has 0 aliphatic carbocycles. The third-order valence-electron chi connectivity index (χ3n) is 3.15. The van der Waals surface area contributed by atoms with E-state index in [0.29, 0.717) is 6.04 Å². The second kappa shape index (κ2) is 7.46. The van der Waals surface area contributed by atoms with E-state index in [9.17, 15) is 0 Å². The van der Waals surface area contributed by atoms with Crippen LogP contribution in [0.15, 0.2) is 24.3 Å². The summed E-state index contributed by atoms with van der Waals surface area (Å²) in [7, 11) is -1.02. The first-order valence-electron chi connectivity index (χ1n) is 7.24. The topological polar surface area (TPSA) is 12.0 Å². The molecule has 0 saturated heterocycles. The molecule has 0 aliphatic rings. The molecular weight excluding hydrogens is 270 g/mol. The second-order valence-corrected chi connectivity index (χ2v) is 13.0. The van der Waals surface area contributed by atoms with Crippen LogP contribution in [0, 0.1) is 5.92 Å². The summed E-state index contributed by atoms with van der Waals surface area (Å²) in [6, 6.07) is 10.3. The lowest BCUT2D eigenvalue weighted by Crippen LogP contribution is -2.34. The quantitative estimate of drug-likeness (QED) is 0.711. The van der Waals surface area contributed by atoms with Crippen molar-refractivity contribution in [2.45, 2.75) is 52.0 Å². The summed E-state index contributed by atoms with van der Waals surface area (Å²) in [4.78, 5) is 0. The summed E-state index contributed by atoms with van der Waals surface area (Å²) in [5.41, 5.74) is 1.40. The van der Waals surface area contributed by atoms with Crippen molar-refractivity contribution in [3.8, 4) is 0 Å². The Kier molecular flexibility index (Phi) is 6.58. The van der Waals surface area contributed by atoms with Crippen LogP contribution < -0.4 is 5.32 Å². The predicted octanol–water partition coefficient (Wildman–Crippen LogP) is 4.83. The minimum atomic E-state index is -1.02. The van der Waals surface area contributed by atoms with Crippen molar-refractivity contribution < 1.29 is 0 Å². The van der Waals surface area contributed by atoms with Crippen LogP contribution in [0.2, 0.25) is 30.7 Å². The molecule has 1 unspecified atom stereocenters. The van der Waals surface area contributed by atoms with Crippen LogP contribution in [0.25, 0.3) is 0 Å². The monoisotopic (exact) mass is 297 g/mol. The zero-order valence-corrected chi connectivity index (χ0v) is 14.7. The summed E-state index contributed by atoms with van der Waals surface area (Å²) >= 11 is 5.95. The Balaban J connectivity index is 2.64. The normalized spacial score (nSPS) is 13.8. The lowest BCUT2D eigenvalue weighted by molar-refractivity contribution is 0.472. The Morgan fingerprint density at radius 1 is 1.11 bits per heavy atom. The van der Waals surface area contributed by atoms with E-state index in [1.54, 1.807) is 0 Å². The highest BCUT2D eigenvalue weighted by atomic mass is 35.5. The van der Waals surface area contributed by atoms with Gasteiger partial charge in [0.15, 0.2) is 0 Å². The Morgan fingerprint density at radius 3 is 2.16 bits per heavy atom. The van der Waals surface area contributed by atoms with Gasteiger partial charge in [-0.1, -0.05) is 63.3 Å².